The number of nitrogen functional groups attached to an aromatic ring is 1. The Morgan fingerprint density at radius 3 is 2.57 bits per heavy atom. The minimum atomic E-state index is 0.404. The molecule has 0 amide bonds. The number of rotatable bonds is 3. The van der Waals surface area contributed by atoms with Crippen molar-refractivity contribution in [1.82, 2.24) is 9.78 Å². The lowest BCUT2D eigenvalue weighted by Crippen LogP contribution is -2.29. The van der Waals surface area contributed by atoms with Gasteiger partial charge in [-0.25, -0.2) is 4.68 Å². The predicted octanol–water partition coefficient (Wildman–Crippen LogP) is 3.84. The lowest BCUT2D eigenvalue weighted by molar-refractivity contribution is 0.220. The van der Waals surface area contributed by atoms with Gasteiger partial charge in [0, 0.05) is 19.6 Å². The summed E-state index contributed by atoms with van der Waals surface area (Å²) in [6.45, 7) is 14.5. The minimum Gasteiger partial charge on any atom is -0.394 e. The smallest absolute Gasteiger partial charge is 0.150 e. The fourth-order valence-electron chi connectivity index (χ4n) is 3.46. The highest BCUT2D eigenvalue weighted by Gasteiger charge is 2.29. The van der Waals surface area contributed by atoms with Crippen LogP contribution in [0.2, 0.25) is 0 Å². The first kappa shape index (κ1) is 16.2. The van der Waals surface area contributed by atoms with Crippen molar-refractivity contribution < 1.29 is 0 Å². The summed E-state index contributed by atoms with van der Waals surface area (Å²) >= 11 is 0. The van der Waals surface area contributed by atoms with Crippen molar-refractivity contribution in [1.29, 1.82) is 0 Å². The van der Waals surface area contributed by atoms with Gasteiger partial charge in [-0.1, -0.05) is 27.7 Å². The van der Waals surface area contributed by atoms with E-state index < -0.39 is 0 Å². The van der Waals surface area contributed by atoms with Gasteiger partial charge in [0.1, 0.15) is 0 Å². The third-order valence-corrected chi connectivity index (χ3v) is 4.83. The molecule has 0 spiro atoms. The molecule has 0 aromatic carbocycles. The van der Waals surface area contributed by atoms with Crippen molar-refractivity contribution in [3.05, 3.63) is 5.69 Å². The topological polar surface area (TPSA) is 47.1 Å². The highest BCUT2D eigenvalue weighted by molar-refractivity contribution is 5.66. The molecule has 2 heterocycles. The Bertz CT molecular complexity index is 470. The van der Waals surface area contributed by atoms with Crippen molar-refractivity contribution in [3.63, 3.8) is 0 Å². The second-order valence-electron chi connectivity index (χ2n) is 7.53. The van der Waals surface area contributed by atoms with Crippen molar-refractivity contribution in [2.75, 3.05) is 23.7 Å². The van der Waals surface area contributed by atoms with Gasteiger partial charge in [0.15, 0.2) is 5.82 Å². The molecular formula is C17H32N4. The number of aryl methyl sites for hydroxylation is 2. The van der Waals surface area contributed by atoms with E-state index in [4.69, 9.17) is 5.73 Å². The van der Waals surface area contributed by atoms with Gasteiger partial charge in [0.25, 0.3) is 0 Å². The maximum absolute atomic E-state index is 6.31. The predicted molar refractivity (Wildman–Crippen MR) is 90.7 cm³/mol. The fraction of sp³-hybridized carbons (Fsp3) is 0.824. The standard InChI is InChI=1S/C17H32N4/c1-6-10-21-16(15(18)13(2)19-21)20-11-7-8-14(9-12-20)17(3,4)5/h14H,6-12,18H2,1-5H3. The summed E-state index contributed by atoms with van der Waals surface area (Å²) in [7, 11) is 0. The summed E-state index contributed by atoms with van der Waals surface area (Å²) in [5, 5.41) is 4.62. The van der Waals surface area contributed by atoms with Crippen LogP contribution in [0, 0.1) is 18.3 Å². The first-order chi connectivity index (χ1) is 9.84. The fourth-order valence-corrected chi connectivity index (χ4v) is 3.46. The highest BCUT2D eigenvalue weighted by Crippen LogP contribution is 2.36. The Morgan fingerprint density at radius 2 is 1.95 bits per heavy atom. The Morgan fingerprint density at radius 1 is 1.24 bits per heavy atom. The molecule has 4 heteroatoms. The normalized spacial score (nSPS) is 20.6. The van der Waals surface area contributed by atoms with Gasteiger partial charge in [-0.3, -0.25) is 0 Å². The van der Waals surface area contributed by atoms with Gasteiger partial charge in [-0.05, 0) is 43.9 Å². The average molecular weight is 292 g/mol. The lowest BCUT2D eigenvalue weighted by atomic mass is 9.77. The summed E-state index contributed by atoms with van der Waals surface area (Å²) < 4.78 is 2.11. The molecule has 1 aromatic rings. The van der Waals surface area contributed by atoms with Crippen LogP contribution in [0.5, 0.6) is 0 Å². The zero-order chi connectivity index (χ0) is 15.6. The summed E-state index contributed by atoms with van der Waals surface area (Å²) in [5.41, 5.74) is 8.56. The van der Waals surface area contributed by atoms with Gasteiger partial charge in [-0.15, -0.1) is 0 Å². The summed E-state index contributed by atoms with van der Waals surface area (Å²) in [5.74, 6) is 1.95. The second kappa shape index (κ2) is 6.29. The average Bonchev–Trinajstić information content (AvgIpc) is 2.58. The van der Waals surface area contributed by atoms with E-state index in [9.17, 15) is 0 Å². The lowest BCUT2D eigenvalue weighted by Gasteiger charge is -2.30. The molecule has 21 heavy (non-hydrogen) atoms. The molecule has 1 saturated heterocycles. The Balaban J connectivity index is 2.19. The molecule has 2 N–H and O–H groups in total. The van der Waals surface area contributed by atoms with Crippen LogP contribution in [-0.2, 0) is 6.54 Å². The number of anilines is 2. The molecule has 1 fully saturated rings. The molecule has 1 unspecified atom stereocenters. The van der Waals surface area contributed by atoms with Crippen LogP contribution in [0.25, 0.3) is 0 Å². The minimum absolute atomic E-state index is 0.404. The zero-order valence-electron chi connectivity index (χ0n) is 14.4. The van der Waals surface area contributed by atoms with E-state index in [0.717, 1.165) is 49.2 Å². The van der Waals surface area contributed by atoms with Gasteiger partial charge in [0.05, 0.1) is 11.4 Å². The molecule has 0 saturated carbocycles. The second-order valence-corrected chi connectivity index (χ2v) is 7.53. The van der Waals surface area contributed by atoms with Crippen LogP contribution in [0.3, 0.4) is 0 Å². The Kier molecular flexibility index (Phi) is 4.84. The van der Waals surface area contributed by atoms with Crippen LogP contribution in [-0.4, -0.2) is 22.9 Å². The van der Waals surface area contributed by atoms with Crippen LogP contribution >= 0.6 is 0 Å². The van der Waals surface area contributed by atoms with E-state index in [2.05, 4.69) is 42.4 Å². The van der Waals surface area contributed by atoms with Crippen molar-refractivity contribution in [3.8, 4) is 0 Å². The summed E-state index contributed by atoms with van der Waals surface area (Å²) in [6.07, 6.45) is 4.91. The number of nitrogens with two attached hydrogens (primary N) is 1. The molecule has 1 atom stereocenters. The maximum Gasteiger partial charge on any atom is 0.150 e. The largest absolute Gasteiger partial charge is 0.394 e. The zero-order valence-corrected chi connectivity index (χ0v) is 14.4. The monoisotopic (exact) mass is 292 g/mol. The van der Waals surface area contributed by atoms with Gasteiger partial charge < -0.3 is 10.6 Å². The third kappa shape index (κ3) is 3.53. The Hall–Kier alpha value is -1.19. The maximum atomic E-state index is 6.31. The van der Waals surface area contributed by atoms with Crippen molar-refractivity contribution in [2.45, 2.75) is 66.8 Å². The molecular weight excluding hydrogens is 260 g/mol. The van der Waals surface area contributed by atoms with Crippen molar-refractivity contribution in [2.24, 2.45) is 11.3 Å². The molecule has 0 aliphatic carbocycles. The SMILES string of the molecule is CCCn1nc(C)c(N)c1N1CCCC(C(C)(C)C)CC1. The van der Waals surface area contributed by atoms with E-state index in [1.807, 2.05) is 6.92 Å². The molecule has 0 bridgehead atoms. The first-order valence-corrected chi connectivity index (χ1v) is 8.42. The van der Waals surface area contributed by atoms with E-state index >= 15 is 0 Å². The van der Waals surface area contributed by atoms with Crippen LogP contribution in [0.4, 0.5) is 11.5 Å². The van der Waals surface area contributed by atoms with E-state index in [-0.39, 0.29) is 0 Å². The molecule has 1 aromatic heterocycles. The number of nitrogens with zero attached hydrogens (tertiary/aromatic N) is 3. The van der Waals surface area contributed by atoms with Crippen LogP contribution < -0.4 is 10.6 Å². The third-order valence-electron chi connectivity index (χ3n) is 4.83. The summed E-state index contributed by atoms with van der Waals surface area (Å²) in [6, 6.07) is 0. The van der Waals surface area contributed by atoms with Gasteiger partial charge >= 0.3 is 0 Å². The summed E-state index contributed by atoms with van der Waals surface area (Å²) in [4.78, 5) is 2.47. The van der Waals surface area contributed by atoms with E-state index in [1.165, 1.54) is 19.3 Å². The van der Waals surface area contributed by atoms with E-state index in [0.29, 0.717) is 5.41 Å². The molecule has 1 aliphatic rings. The Labute approximate surface area is 129 Å². The number of hydrogen-bond donors (Lipinski definition) is 1. The molecule has 120 valence electrons. The van der Waals surface area contributed by atoms with Crippen LogP contribution in [0.15, 0.2) is 0 Å². The highest BCUT2D eigenvalue weighted by atomic mass is 15.4. The van der Waals surface area contributed by atoms with Gasteiger partial charge in [-0.2, -0.15) is 5.10 Å². The van der Waals surface area contributed by atoms with E-state index in [1.54, 1.807) is 0 Å². The molecule has 4 nitrogen and oxygen atoms in total. The molecule has 2 rings (SSSR count). The first-order valence-electron chi connectivity index (χ1n) is 8.42. The number of hydrogen-bond acceptors (Lipinski definition) is 3. The van der Waals surface area contributed by atoms with Crippen molar-refractivity contribution >= 4 is 11.5 Å². The molecule has 0 radical (unpaired) electrons. The molecule has 1 aliphatic heterocycles. The number of aromatic nitrogens is 2. The quantitative estimate of drug-likeness (QED) is 0.921. The van der Waals surface area contributed by atoms with Gasteiger partial charge in [0.2, 0.25) is 0 Å². The van der Waals surface area contributed by atoms with Crippen LogP contribution in [0.1, 0.15) is 59.1 Å².